The number of aryl methyl sites for hydroxylation is 1. The van der Waals surface area contributed by atoms with E-state index in [0.29, 0.717) is 39.1 Å². The predicted molar refractivity (Wildman–Crippen MR) is 99.5 cm³/mol. The molecule has 1 aromatic carbocycles. The monoisotopic (exact) mass is 371 g/mol. The molecule has 4 rings (SSSR count). The number of likely N-dealkylation sites (tertiary alicyclic amines) is 1. The van der Waals surface area contributed by atoms with E-state index in [9.17, 15) is 4.79 Å². The molecule has 6 heteroatoms. The molecular weight excluding hydrogens is 346 g/mol. The topological polar surface area (TPSA) is 61.1 Å². The van der Waals surface area contributed by atoms with Crippen molar-refractivity contribution in [1.29, 1.82) is 0 Å². The van der Waals surface area contributed by atoms with Crippen molar-refractivity contribution < 1.29 is 23.4 Å². The van der Waals surface area contributed by atoms with Crippen molar-refractivity contribution in [2.45, 2.75) is 31.5 Å². The Kier molecular flexibility index (Phi) is 5.18. The van der Waals surface area contributed by atoms with Gasteiger partial charge in [-0.15, -0.1) is 0 Å². The Bertz CT molecular complexity index is 766. The molecule has 2 aromatic rings. The lowest BCUT2D eigenvalue weighted by atomic mass is 10.0. The molecule has 2 fully saturated rings. The maximum atomic E-state index is 12.5. The first kappa shape index (κ1) is 18.1. The van der Waals surface area contributed by atoms with Crippen LogP contribution in [-0.4, -0.2) is 50.0 Å². The van der Waals surface area contributed by atoms with Crippen molar-refractivity contribution in [3.63, 3.8) is 0 Å². The van der Waals surface area contributed by atoms with E-state index >= 15 is 0 Å². The normalized spacial score (nSPS) is 18.8. The third-order valence-electron chi connectivity index (χ3n) is 5.31. The minimum Gasteiger partial charge on any atom is -0.497 e. The van der Waals surface area contributed by atoms with Gasteiger partial charge in [0.15, 0.2) is 5.79 Å². The number of amides is 1. The molecule has 2 aliphatic rings. The van der Waals surface area contributed by atoms with Crippen molar-refractivity contribution >= 4 is 5.91 Å². The lowest BCUT2D eigenvalue weighted by molar-refractivity contribution is -0.187. The number of methoxy groups -OCH3 is 1. The highest BCUT2D eigenvalue weighted by molar-refractivity contribution is 5.76. The van der Waals surface area contributed by atoms with Crippen molar-refractivity contribution in [3.8, 4) is 17.1 Å². The molecule has 6 nitrogen and oxygen atoms in total. The first-order valence-electron chi connectivity index (χ1n) is 9.46. The van der Waals surface area contributed by atoms with Gasteiger partial charge in [0, 0.05) is 44.3 Å². The summed E-state index contributed by atoms with van der Waals surface area (Å²) in [5.41, 5.74) is 0.992. The first-order chi connectivity index (χ1) is 13.2. The minimum absolute atomic E-state index is 0.158. The summed E-state index contributed by atoms with van der Waals surface area (Å²) in [7, 11) is 1.65. The van der Waals surface area contributed by atoms with Gasteiger partial charge in [0.05, 0.1) is 20.3 Å². The second-order valence-corrected chi connectivity index (χ2v) is 6.98. The van der Waals surface area contributed by atoms with E-state index in [1.165, 1.54) is 0 Å². The van der Waals surface area contributed by atoms with Gasteiger partial charge in [-0.1, -0.05) is 0 Å². The predicted octanol–water partition coefficient (Wildman–Crippen LogP) is 3.25. The Balaban J connectivity index is 1.29. The summed E-state index contributed by atoms with van der Waals surface area (Å²) in [6, 6.07) is 11.6. The van der Waals surface area contributed by atoms with Gasteiger partial charge in [0.1, 0.15) is 17.3 Å². The van der Waals surface area contributed by atoms with E-state index in [0.717, 1.165) is 35.7 Å². The van der Waals surface area contributed by atoms with Crippen molar-refractivity contribution in [2.24, 2.45) is 0 Å². The Labute approximate surface area is 159 Å². The largest absolute Gasteiger partial charge is 0.497 e. The number of hydrogen-bond donors (Lipinski definition) is 0. The van der Waals surface area contributed by atoms with Gasteiger partial charge in [-0.25, -0.2) is 0 Å². The minimum atomic E-state index is -0.439. The van der Waals surface area contributed by atoms with E-state index in [4.69, 9.17) is 18.6 Å². The highest BCUT2D eigenvalue weighted by Gasteiger charge is 2.40. The van der Waals surface area contributed by atoms with Gasteiger partial charge in [-0.3, -0.25) is 4.79 Å². The van der Waals surface area contributed by atoms with Crippen LogP contribution in [0.2, 0.25) is 0 Å². The third kappa shape index (κ3) is 4.01. The summed E-state index contributed by atoms with van der Waals surface area (Å²) >= 11 is 0. The van der Waals surface area contributed by atoms with Crippen LogP contribution < -0.4 is 4.74 Å². The van der Waals surface area contributed by atoms with Gasteiger partial charge in [-0.2, -0.15) is 0 Å². The molecule has 0 atom stereocenters. The number of hydrogen-bond acceptors (Lipinski definition) is 5. The fourth-order valence-corrected chi connectivity index (χ4v) is 3.69. The summed E-state index contributed by atoms with van der Waals surface area (Å²) in [5, 5.41) is 0. The maximum absolute atomic E-state index is 12.5. The second kappa shape index (κ2) is 7.74. The number of piperidine rings is 1. The highest BCUT2D eigenvalue weighted by Crippen LogP contribution is 2.31. The molecule has 1 amide bonds. The summed E-state index contributed by atoms with van der Waals surface area (Å²) in [6.45, 7) is 2.69. The molecule has 2 saturated heterocycles. The molecule has 27 heavy (non-hydrogen) atoms. The van der Waals surface area contributed by atoms with E-state index in [1.54, 1.807) is 7.11 Å². The Hall–Kier alpha value is -2.31. The van der Waals surface area contributed by atoms with Gasteiger partial charge in [0.2, 0.25) is 5.91 Å². The molecule has 2 aliphatic heterocycles. The molecule has 0 N–H and O–H groups in total. The van der Waals surface area contributed by atoms with E-state index in [1.807, 2.05) is 41.3 Å². The summed E-state index contributed by atoms with van der Waals surface area (Å²) in [4.78, 5) is 14.4. The Morgan fingerprint density at radius 2 is 1.78 bits per heavy atom. The average molecular weight is 371 g/mol. The number of carbonyl (C=O) groups is 1. The van der Waals surface area contributed by atoms with Crippen molar-refractivity contribution in [2.75, 3.05) is 33.4 Å². The van der Waals surface area contributed by atoms with Crippen LogP contribution in [0.3, 0.4) is 0 Å². The summed E-state index contributed by atoms with van der Waals surface area (Å²) in [5.74, 6) is 2.16. The standard InChI is InChI=1S/C21H25NO5/c1-24-17-4-2-16(3-5-17)19-8-6-18(27-19)7-9-20(23)22-12-10-21(11-13-22)25-14-15-26-21/h2-6,8H,7,9-15H2,1H3. The number of carbonyl (C=O) groups excluding carboxylic acids is 1. The van der Waals surface area contributed by atoms with Crippen LogP contribution in [-0.2, 0) is 20.7 Å². The van der Waals surface area contributed by atoms with Crippen LogP contribution in [0.1, 0.15) is 25.0 Å². The lowest BCUT2D eigenvalue weighted by Gasteiger charge is -2.37. The fraction of sp³-hybridized carbons (Fsp3) is 0.476. The van der Waals surface area contributed by atoms with Gasteiger partial charge in [-0.05, 0) is 36.4 Å². The number of nitrogens with zero attached hydrogens (tertiary/aromatic N) is 1. The molecule has 0 bridgehead atoms. The zero-order valence-electron chi connectivity index (χ0n) is 15.6. The number of rotatable bonds is 5. The summed E-state index contributed by atoms with van der Waals surface area (Å²) in [6.07, 6.45) is 2.55. The molecule has 1 spiro atoms. The smallest absolute Gasteiger partial charge is 0.223 e. The molecule has 0 radical (unpaired) electrons. The van der Waals surface area contributed by atoms with Crippen LogP contribution in [0.4, 0.5) is 0 Å². The average Bonchev–Trinajstić information content (AvgIpc) is 3.37. The molecule has 0 saturated carbocycles. The van der Waals surface area contributed by atoms with Crippen LogP contribution in [0, 0.1) is 0 Å². The molecule has 0 aliphatic carbocycles. The Morgan fingerprint density at radius 1 is 1.07 bits per heavy atom. The summed E-state index contributed by atoms with van der Waals surface area (Å²) < 4.78 is 22.5. The van der Waals surface area contributed by atoms with Crippen LogP contribution in [0.5, 0.6) is 5.75 Å². The molecule has 144 valence electrons. The van der Waals surface area contributed by atoms with E-state index < -0.39 is 5.79 Å². The zero-order valence-corrected chi connectivity index (χ0v) is 15.6. The lowest BCUT2D eigenvalue weighted by Crippen LogP contribution is -2.47. The fourth-order valence-electron chi connectivity index (χ4n) is 3.69. The number of furan rings is 1. The highest BCUT2D eigenvalue weighted by atomic mass is 16.7. The van der Waals surface area contributed by atoms with Gasteiger partial charge >= 0.3 is 0 Å². The van der Waals surface area contributed by atoms with E-state index in [2.05, 4.69) is 0 Å². The van der Waals surface area contributed by atoms with Crippen LogP contribution in [0.25, 0.3) is 11.3 Å². The molecule has 1 aromatic heterocycles. The Morgan fingerprint density at radius 3 is 2.44 bits per heavy atom. The van der Waals surface area contributed by atoms with Crippen molar-refractivity contribution in [3.05, 3.63) is 42.2 Å². The van der Waals surface area contributed by atoms with Gasteiger partial charge < -0.3 is 23.5 Å². The van der Waals surface area contributed by atoms with Crippen molar-refractivity contribution in [1.82, 2.24) is 4.90 Å². The number of ether oxygens (including phenoxy) is 3. The third-order valence-corrected chi connectivity index (χ3v) is 5.31. The van der Waals surface area contributed by atoms with Crippen LogP contribution >= 0.6 is 0 Å². The zero-order chi connectivity index (χ0) is 18.7. The molecule has 3 heterocycles. The number of benzene rings is 1. The van der Waals surface area contributed by atoms with E-state index in [-0.39, 0.29) is 5.91 Å². The maximum Gasteiger partial charge on any atom is 0.223 e. The molecular formula is C21H25NO5. The second-order valence-electron chi connectivity index (χ2n) is 6.98. The quantitative estimate of drug-likeness (QED) is 0.807. The SMILES string of the molecule is COc1ccc(-c2ccc(CCC(=O)N3CCC4(CC3)OCCO4)o2)cc1. The van der Waals surface area contributed by atoms with Gasteiger partial charge in [0.25, 0.3) is 0 Å². The molecule has 0 unspecified atom stereocenters. The first-order valence-corrected chi connectivity index (χ1v) is 9.46. The van der Waals surface area contributed by atoms with Crippen LogP contribution in [0.15, 0.2) is 40.8 Å².